The van der Waals surface area contributed by atoms with Crippen LogP contribution in [-0.4, -0.2) is 0 Å². The second-order valence-corrected chi connectivity index (χ2v) is 8.57. The summed E-state index contributed by atoms with van der Waals surface area (Å²) in [6, 6.07) is 22.3. The number of rotatable bonds is 2. The van der Waals surface area contributed by atoms with Crippen LogP contribution in [0.2, 0.25) is 0 Å². The molecule has 0 aromatic heterocycles. The predicted octanol–water partition coefficient (Wildman–Crippen LogP) is 7.25. The predicted molar refractivity (Wildman–Crippen MR) is 118 cm³/mol. The second-order valence-electron chi connectivity index (χ2n) is 8.57. The lowest BCUT2D eigenvalue weighted by Gasteiger charge is -2.28. The van der Waals surface area contributed by atoms with E-state index in [9.17, 15) is 0 Å². The maximum absolute atomic E-state index is 6.66. The second kappa shape index (κ2) is 5.61. The first kappa shape index (κ1) is 16.6. The van der Waals surface area contributed by atoms with Crippen molar-refractivity contribution in [2.24, 2.45) is 0 Å². The van der Waals surface area contributed by atoms with E-state index in [0.29, 0.717) is 0 Å². The highest BCUT2D eigenvalue weighted by Gasteiger charge is 2.27. The number of hydrogen-bond acceptors (Lipinski definition) is 1. The largest absolute Gasteiger partial charge is 0.456 e. The molecule has 140 valence electrons. The Labute approximate surface area is 170 Å². The molecule has 6 rings (SSSR count). The summed E-state index contributed by atoms with van der Waals surface area (Å²) in [6.07, 6.45) is 0. The van der Waals surface area contributed by atoms with E-state index in [2.05, 4.69) is 88.4 Å². The molecule has 0 unspecified atom stereocenters. The Bertz CT molecular complexity index is 1560. The standard InChI is InChI=1S/C28H22O/c1-15-5-7-19-21(9-15)27-23(19)11-17(3)13-25(27)29-26-14-18(4)12-24-20-8-6-16(2)10-22(20)28(24)26/h5-14H,1-4H3. The molecule has 29 heavy (non-hydrogen) atoms. The SMILES string of the molecule is Cc1ccc2c(c1)-c1c(Oc3cc(C)cc4c3=c3cc(C)ccc3=4)cc(C)cc1-2. The lowest BCUT2D eigenvalue weighted by atomic mass is 9.78. The topological polar surface area (TPSA) is 9.23 Å². The van der Waals surface area contributed by atoms with Gasteiger partial charge in [0.1, 0.15) is 11.5 Å². The van der Waals surface area contributed by atoms with Gasteiger partial charge in [0, 0.05) is 10.8 Å². The van der Waals surface area contributed by atoms with Crippen LogP contribution in [0.1, 0.15) is 22.3 Å². The summed E-state index contributed by atoms with van der Waals surface area (Å²) in [7, 11) is 0. The van der Waals surface area contributed by atoms with Gasteiger partial charge in [-0.2, -0.15) is 0 Å². The number of benzene rings is 4. The summed E-state index contributed by atoms with van der Waals surface area (Å²) in [5.41, 5.74) is 10.2. The average molecular weight is 374 g/mol. The summed E-state index contributed by atoms with van der Waals surface area (Å²) in [6.45, 7) is 8.59. The van der Waals surface area contributed by atoms with E-state index in [4.69, 9.17) is 4.74 Å². The molecule has 0 radical (unpaired) electrons. The van der Waals surface area contributed by atoms with E-state index in [1.54, 1.807) is 0 Å². The molecule has 0 aliphatic heterocycles. The third kappa shape index (κ3) is 2.28. The third-order valence-electron chi connectivity index (χ3n) is 6.18. The molecule has 0 atom stereocenters. The molecule has 0 bridgehead atoms. The highest BCUT2D eigenvalue weighted by Crippen LogP contribution is 2.53. The molecule has 2 aliphatic rings. The monoisotopic (exact) mass is 374 g/mol. The fourth-order valence-corrected chi connectivity index (χ4v) is 4.84. The van der Waals surface area contributed by atoms with Gasteiger partial charge in [0.2, 0.25) is 0 Å². The first-order valence-corrected chi connectivity index (χ1v) is 10.2. The smallest absolute Gasteiger partial charge is 0.136 e. The third-order valence-corrected chi connectivity index (χ3v) is 6.18. The minimum absolute atomic E-state index is 0.965. The van der Waals surface area contributed by atoms with Crippen LogP contribution in [0.3, 0.4) is 0 Å². The molecule has 4 aromatic rings. The number of fused-ring (bicyclic) bond motifs is 6. The van der Waals surface area contributed by atoms with Crippen molar-refractivity contribution in [3.8, 4) is 33.8 Å². The van der Waals surface area contributed by atoms with Crippen molar-refractivity contribution in [1.82, 2.24) is 0 Å². The minimum Gasteiger partial charge on any atom is -0.456 e. The quantitative estimate of drug-likeness (QED) is 0.310. The normalized spacial score (nSPS) is 12.1. The lowest BCUT2D eigenvalue weighted by molar-refractivity contribution is 0.478. The Kier molecular flexibility index (Phi) is 3.21. The molecule has 2 aliphatic carbocycles. The molecule has 1 heteroatoms. The van der Waals surface area contributed by atoms with Gasteiger partial charge in [-0.15, -0.1) is 0 Å². The van der Waals surface area contributed by atoms with Gasteiger partial charge in [-0.05, 0) is 83.3 Å². The fourth-order valence-electron chi connectivity index (χ4n) is 4.84. The van der Waals surface area contributed by atoms with Gasteiger partial charge in [0.15, 0.2) is 0 Å². The van der Waals surface area contributed by atoms with Gasteiger partial charge >= 0.3 is 0 Å². The number of ether oxygens (including phenoxy) is 1. The van der Waals surface area contributed by atoms with Crippen LogP contribution in [0, 0.1) is 48.6 Å². The van der Waals surface area contributed by atoms with Crippen LogP contribution in [0.25, 0.3) is 22.3 Å². The van der Waals surface area contributed by atoms with E-state index >= 15 is 0 Å². The maximum atomic E-state index is 6.66. The molecule has 0 fully saturated rings. The zero-order chi connectivity index (χ0) is 19.9. The molecule has 0 heterocycles. The Morgan fingerprint density at radius 2 is 1.14 bits per heavy atom. The summed E-state index contributed by atoms with van der Waals surface area (Å²) >= 11 is 0. The minimum atomic E-state index is 0.965. The first-order chi connectivity index (χ1) is 14.0. The fraction of sp³-hybridized carbons (Fsp3) is 0.143. The zero-order valence-corrected chi connectivity index (χ0v) is 17.2. The molecule has 4 aromatic carbocycles. The van der Waals surface area contributed by atoms with Crippen molar-refractivity contribution < 1.29 is 4.74 Å². The van der Waals surface area contributed by atoms with Crippen molar-refractivity contribution in [3.63, 3.8) is 0 Å². The summed E-state index contributed by atoms with van der Waals surface area (Å²) in [4.78, 5) is 0. The van der Waals surface area contributed by atoms with Crippen LogP contribution < -0.4 is 4.74 Å². The number of hydrogen-bond donors (Lipinski definition) is 0. The average Bonchev–Trinajstić information content (AvgIpc) is 2.65. The van der Waals surface area contributed by atoms with Gasteiger partial charge in [0.05, 0.1) is 0 Å². The van der Waals surface area contributed by atoms with Crippen molar-refractivity contribution in [1.29, 1.82) is 0 Å². The van der Waals surface area contributed by atoms with E-state index in [1.807, 2.05) is 0 Å². The molecule has 1 nitrogen and oxygen atoms in total. The Hall–Kier alpha value is -3.32. The van der Waals surface area contributed by atoms with Crippen molar-refractivity contribution in [3.05, 3.63) is 104 Å². The molecule has 0 amide bonds. The molecule has 0 saturated heterocycles. The molecular formula is C28H22O. The van der Waals surface area contributed by atoms with Crippen molar-refractivity contribution >= 4 is 0 Å². The number of aryl methyl sites for hydroxylation is 4. The van der Waals surface area contributed by atoms with Gasteiger partial charge in [-0.25, -0.2) is 0 Å². The van der Waals surface area contributed by atoms with Gasteiger partial charge in [-0.1, -0.05) is 59.7 Å². The van der Waals surface area contributed by atoms with Crippen molar-refractivity contribution in [2.75, 3.05) is 0 Å². The summed E-state index contributed by atoms with van der Waals surface area (Å²) in [5.74, 6) is 1.93. The van der Waals surface area contributed by atoms with Crippen molar-refractivity contribution in [2.45, 2.75) is 27.7 Å². The molecule has 0 saturated carbocycles. The Balaban J connectivity index is 1.57. The summed E-state index contributed by atoms with van der Waals surface area (Å²) in [5, 5.41) is 5.18. The van der Waals surface area contributed by atoms with Crippen LogP contribution in [0.15, 0.2) is 60.7 Å². The van der Waals surface area contributed by atoms with Crippen LogP contribution >= 0.6 is 0 Å². The highest BCUT2D eigenvalue weighted by atomic mass is 16.5. The van der Waals surface area contributed by atoms with E-state index in [0.717, 1.165) is 11.5 Å². The Morgan fingerprint density at radius 1 is 0.483 bits per heavy atom. The highest BCUT2D eigenvalue weighted by molar-refractivity contribution is 6.05. The van der Waals surface area contributed by atoms with Gasteiger partial charge in [-0.3, -0.25) is 0 Å². The van der Waals surface area contributed by atoms with Gasteiger partial charge < -0.3 is 4.74 Å². The molecule has 0 spiro atoms. The van der Waals surface area contributed by atoms with Crippen LogP contribution in [0.5, 0.6) is 11.5 Å². The summed E-state index contributed by atoms with van der Waals surface area (Å²) < 4.78 is 6.66. The van der Waals surface area contributed by atoms with Crippen LogP contribution in [0.4, 0.5) is 0 Å². The first-order valence-electron chi connectivity index (χ1n) is 10.2. The van der Waals surface area contributed by atoms with Crippen LogP contribution in [-0.2, 0) is 0 Å². The Morgan fingerprint density at radius 3 is 2.00 bits per heavy atom. The van der Waals surface area contributed by atoms with E-state index < -0.39 is 0 Å². The van der Waals surface area contributed by atoms with E-state index in [-0.39, 0.29) is 0 Å². The molecule has 0 N–H and O–H groups in total. The molecular weight excluding hydrogens is 352 g/mol. The zero-order valence-electron chi connectivity index (χ0n) is 17.2. The maximum Gasteiger partial charge on any atom is 0.136 e. The van der Waals surface area contributed by atoms with Gasteiger partial charge in [0.25, 0.3) is 0 Å². The lowest BCUT2D eigenvalue weighted by Crippen LogP contribution is -2.04. The van der Waals surface area contributed by atoms with E-state index in [1.165, 1.54) is 65.4 Å².